The van der Waals surface area contributed by atoms with Crippen LogP contribution in [-0.4, -0.2) is 5.75 Å². The Bertz CT molecular complexity index is 403. The predicted octanol–water partition coefficient (Wildman–Crippen LogP) is 3.42. The summed E-state index contributed by atoms with van der Waals surface area (Å²) in [5, 5.41) is 8.88. The first-order chi connectivity index (χ1) is 7.81. The molecule has 3 heteroatoms. The van der Waals surface area contributed by atoms with Gasteiger partial charge in [0.1, 0.15) is 6.07 Å². The molecule has 1 saturated carbocycles. The summed E-state index contributed by atoms with van der Waals surface area (Å²) in [4.78, 5) is 1.06. The number of nitrogens with two attached hydrogens (primary N) is 1. The molecule has 0 unspecified atom stereocenters. The number of thioether (sulfide) groups is 1. The lowest BCUT2D eigenvalue weighted by molar-refractivity contribution is 0.623. The van der Waals surface area contributed by atoms with Crippen LogP contribution in [0.25, 0.3) is 0 Å². The van der Waals surface area contributed by atoms with Crippen molar-refractivity contribution in [1.82, 2.24) is 0 Å². The van der Waals surface area contributed by atoms with Gasteiger partial charge in [0.2, 0.25) is 0 Å². The van der Waals surface area contributed by atoms with E-state index in [4.69, 9.17) is 11.0 Å². The van der Waals surface area contributed by atoms with Gasteiger partial charge in [-0.25, -0.2) is 0 Å². The Morgan fingerprint density at radius 3 is 2.81 bits per heavy atom. The van der Waals surface area contributed by atoms with Crippen molar-refractivity contribution in [1.29, 1.82) is 5.26 Å². The van der Waals surface area contributed by atoms with Gasteiger partial charge in [-0.2, -0.15) is 5.26 Å². The summed E-state index contributed by atoms with van der Waals surface area (Å²) >= 11 is 1.80. The van der Waals surface area contributed by atoms with Crippen LogP contribution in [-0.2, 0) is 0 Å². The van der Waals surface area contributed by atoms with E-state index in [9.17, 15) is 0 Å². The molecule has 2 N–H and O–H groups in total. The standard InChI is InChI=1S/C13H16N2S/c14-8-11-6-3-7-12(13(11)15)16-9-10-4-1-2-5-10/h3,6-7,10H,1-2,4-5,9,15H2. The molecule has 0 atom stereocenters. The molecule has 0 saturated heterocycles. The van der Waals surface area contributed by atoms with Crippen molar-refractivity contribution >= 4 is 17.4 Å². The van der Waals surface area contributed by atoms with Crippen LogP contribution in [0.4, 0.5) is 5.69 Å². The normalized spacial score (nSPS) is 16.2. The van der Waals surface area contributed by atoms with Gasteiger partial charge in [0.25, 0.3) is 0 Å². The highest BCUT2D eigenvalue weighted by molar-refractivity contribution is 7.99. The fourth-order valence-corrected chi connectivity index (χ4v) is 3.34. The van der Waals surface area contributed by atoms with E-state index in [1.54, 1.807) is 17.8 Å². The molecule has 84 valence electrons. The minimum Gasteiger partial charge on any atom is -0.397 e. The maximum Gasteiger partial charge on any atom is 0.101 e. The molecule has 0 bridgehead atoms. The Labute approximate surface area is 101 Å². The molecular weight excluding hydrogens is 216 g/mol. The number of para-hydroxylation sites is 1. The average molecular weight is 232 g/mol. The van der Waals surface area contributed by atoms with Crippen molar-refractivity contribution in [3.05, 3.63) is 23.8 Å². The minimum atomic E-state index is 0.594. The maximum absolute atomic E-state index is 8.88. The van der Waals surface area contributed by atoms with E-state index in [2.05, 4.69) is 6.07 Å². The average Bonchev–Trinajstić information content (AvgIpc) is 2.81. The van der Waals surface area contributed by atoms with Gasteiger partial charge in [-0.15, -0.1) is 11.8 Å². The number of hydrogen-bond acceptors (Lipinski definition) is 3. The molecular formula is C13H16N2S. The van der Waals surface area contributed by atoms with Crippen LogP contribution in [0.15, 0.2) is 23.1 Å². The highest BCUT2D eigenvalue weighted by atomic mass is 32.2. The van der Waals surface area contributed by atoms with Crippen molar-refractivity contribution in [3.8, 4) is 6.07 Å². The van der Waals surface area contributed by atoms with Gasteiger partial charge in [-0.1, -0.05) is 18.9 Å². The predicted molar refractivity (Wildman–Crippen MR) is 68.3 cm³/mol. The zero-order chi connectivity index (χ0) is 11.4. The van der Waals surface area contributed by atoms with Crippen molar-refractivity contribution in [2.24, 2.45) is 5.92 Å². The number of nitrogen functional groups attached to an aromatic ring is 1. The van der Waals surface area contributed by atoms with Gasteiger partial charge in [0, 0.05) is 10.6 Å². The quantitative estimate of drug-likeness (QED) is 0.641. The van der Waals surface area contributed by atoms with Crippen molar-refractivity contribution < 1.29 is 0 Å². The molecule has 0 spiro atoms. The second kappa shape index (κ2) is 5.27. The van der Waals surface area contributed by atoms with E-state index in [1.807, 2.05) is 12.1 Å². The highest BCUT2D eigenvalue weighted by Crippen LogP contribution is 2.33. The third-order valence-electron chi connectivity index (χ3n) is 3.14. The maximum atomic E-state index is 8.88. The smallest absolute Gasteiger partial charge is 0.101 e. The third-order valence-corrected chi connectivity index (χ3v) is 4.44. The van der Waals surface area contributed by atoms with Crippen LogP contribution >= 0.6 is 11.8 Å². The van der Waals surface area contributed by atoms with Crippen LogP contribution in [0.2, 0.25) is 0 Å². The molecule has 0 radical (unpaired) electrons. The monoisotopic (exact) mass is 232 g/mol. The lowest BCUT2D eigenvalue weighted by Gasteiger charge is -2.10. The van der Waals surface area contributed by atoms with E-state index in [-0.39, 0.29) is 0 Å². The van der Waals surface area contributed by atoms with E-state index in [0.717, 1.165) is 16.6 Å². The Morgan fingerprint density at radius 1 is 1.38 bits per heavy atom. The Morgan fingerprint density at radius 2 is 2.12 bits per heavy atom. The van der Waals surface area contributed by atoms with E-state index >= 15 is 0 Å². The Balaban J connectivity index is 2.01. The summed E-state index contributed by atoms with van der Waals surface area (Å²) in [6.45, 7) is 0. The molecule has 16 heavy (non-hydrogen) atoms. The van der Waals surface area contributed by atoms with Crippen LogP contribution in [0, 0.1) is 17.2 Å². The highest BCUT2D eigenvalue weighted by Gasteiger charge is 2.15. The first-order valence-corrected chi connectivity index (χ1v) is 6.71. The molecule has 0 aliphatic heterocycles. The lowest BCUT2D eigenvalue weighted by atomic mass is 10.1. The van der Waals surface area contributed by atoms with Gasteiger partial charge >= 0.3 is 0 Å². The molecule has 1 aliphatic rings. The molecule has 1 fully saturated rings. The number of nitriles is 1. The zero-order valence-electron chi connectivity index (χ0n) is 9.28. The Kier molecular flexibility index (Phi) is 3.74. The van der Waals surface area contributed by atoms with Gasteiger partial charge in [0.05, 0.1) is 11.3 Å². The molecule has 0 aromatic heterocycles. The molecule has 1 aromatic carbocycles. The fourth-order valence-electron chi connectivity index (χ4n) is 2.15. The first kappa shape index (κ1) is 11.3. The third kappa shape index (κ3) is 2.51. The zero-order valence-corrected chi connectivity index (χ0v) is 10.1. The van der Waals surface area contributed by atoms with E-state index < -0.39 is 0 Å². The van der Waals surface area contributed by atoms with Gasteiger partial charge in [-0.05, 0) is 30.9 Å². The van der Waals surface area contributed by atoms with Crippen molar-refractivity contribution in [2.75, 3.05) is 11.5 Å². The summed E-state index contributed by atoms with van der Waals surface area (Å²) < 4.78 is 0. The molecule has 0 heterocycles. The van der Waals surface area contributed by atoms with Crippen LogP contribution < -0.4 is 5.73 Å². The van der Waals surface area contributed by atoms with Crippen LogP contribution in [0.3, 0.4) is 0 Å². The largest absolute Gasteiger partial charge is 0.397 e. The van der Waals surface area contributed by atoms with Gasteiger partial charge in [0.15, 0.2) is 0 Å². The number of anilines is 1. The van der Waals surface area contributed by atoms with Crippen LogP contribution in [0.1, 0.15) is 31.2 Å². The summed E-state index contributed by atoms with van der Waals surface area (Å²) in [6, 6.07) is 7.82. The Hall–Kier alpha value is -1.14. The molecule has 0 amide bonds. The van der Waals surface area contributed by atoms with Crippen molar-refractivity contribution in [2.45, 2.75) is 30.6 Å². The SMILES string of the molecule is N#Cc1cccc(SCC2CCCC2)c1N. The van der Waals surface area contributed by atoms with E-state index in [0.29, 0.717) is 11.3 Å². The topological polar surface area (TPSA) is 49.8 Å². The summed E-state index contributed by atoms with van der Waals surface area (Å²) in [6.07, 6.45) is 5.45. The number of benzene rings is 1. The molecule has 1 aromatic rings. The fraction of sp³-hybridized carbons (Fsp3) is 0.462. The molecule has 2 nitrogen and oxygen atoms in total. The van der Waals surface area contributed by atoms with E-state index in [1.165, 1.54) is 25.7 Å². The minimum absolute atomic E-state index is 0.594. The number of rotatable bonds is 3. The summed E-state index contributed by atoms with van der Waals surface area (Å²) in [5.74, 6) is 1.98. The molecule has 1 aliphatic carbocycles. The second-order valence-electron chi connectivity index (χ2n) is 4.29. The summed E-state index contributed by atoms with van der Waals surface area (Å²) in [7, 11) is 0. The van der Waals surface area contributed by atoms with Crippen molar-refractivity contribution in [3.63, 3.8) is 0 Å². The number of nitrogens with zero attached hydrogens (tertiary/aromatic N) is 1. The lowest BCUT2D eigenvalue weighted by Crippen LogP contribution is -1.98. The summed E-state index contributed by atoms with van der Waals surface area (Å²) in [5.41, 5.74) is 7.18. The number of hydrogen-bond donors (Lipinski definition) is 1. The second-order valence-corrected chi connectivity index (χ2v) is 5.35. The van der Waals surface area contributed by atoms with Crippen LogP contribution in [0.5, 0.6) is 0 Å². The van der Waals surface area contributed by atoms with Gasteiger partial charge < -0.3 is 5.73 Å². The first-order valence-electron chi connectivity index (χ1n) is 5.72. The molecule has 2 rings (SSSR count). The van der Waals surface area contributed by atoms with Gasteiger partial charge in [-0.3, -0.25) is 0 Å².